The highest BCUT2D eigenvalue weighted by Gasteiger charge is 2.27. The number of ether oxygens (including phenoxy) is 2. The van der Waals surface area contributed by atoms with Crippen molar-refractivity contribution in [2.45, 2.75) is 19.1 Å². The molecule has 2 N–H and O–H groups in total. The Morgan fingerprint density at radius 3 is 2.67 bits per heavy atom. The van der Waals surface area contributed by atoms with Gasteiger partial charge in [-0.3, -0.25) is 0 Å². The van der Waals surface area contributed by atoms with E-state index < -0.39 is 18.2 Å². The lowest BCUT2D eigenvalue weighted by molar-refractivity contribution is -0.159. The first-order valence-electron chi connectivity index (χ1n) is 5.37. The van der Waals surface area contributed by atoms with Gasteiger partial charge in [0, 0.05) is 0 Å². The Bertz CT molecular complexity index is 421. The maximum Gasteiger partial charge on any atom is 0.338 e. The lowest BCUT2D eigenvalue weighted by Crippen LogP contribution is -2.29. The van der Waals surface area contributed by atoms with E-state index >= 15 is 0 Å². The van der Waals surface area contributed by atoms with Gasteiger partial charge in [-0.1, -0.05) is 6.07 Å². The van der Waals surface area contributed by atoms with Crippen LogP contribution < -0.4 is 4.74 Å². The monoisotopic (exact) mass is 318 g/mol. The lowest BCUT2D eigenvalue weighted by atomic mass is 10.0. The summed E-state index contributed by atoms with van der Waals surface area (Å²) >= 11 is 3.27. The Morgan fingerprint density at radius 1 is 1.44 bits per heavy atom. The Morgan fingerprint density at radius 2 is 2.11 bits per heavy atom. The highest BCUT2D eigenvalue weighted by atomic mass is 79.9. The molecule has 1 aromatic carbocycles. The van der Waals surface area contributed by atoms with Crippen LogP contribution >= 0.6 is 15.9 Å². The van der Waals surface area contributed by atoms with E-state index in [0.29, 0.717) is 15.8 Å². The summed E-state index contributed by atoms with van der Waals surface area (Å²) in [6.07, 6.45) is -2.97. The molecule has 100 valence electrons. The van der Waals surface area contributed by atoms with Crippen molar-refractivity contribution >= 4 is 21.9 Å². The summed E-state index contributed by atoms with van der Waals surface area (Å²) in [5.74, 6) is -0.352. The zero-order chi connectivity index (χ0) is 13.7. The number of aliphatic hydroxyl groups is 2. The highest BCUT2D eigenvalue weighted by molar-refractivity contribution is 9.10. The topological polar surface area (TPSA) is 76.0 Å². The Labute approximate surface area is 113 Å². The van der Waals surface area contributed by atoms with E-state index in [1.807, 2.05) is 0 Å². The maximum absolute atomic E-state index is 11.3. The lowest BCUT2D eigenvalue weighted by Gasteiger charge is -2.17. The molecule has 18 heavy (non-hydrogen) atoms. The van der Waals surface area contributed by atoms with Crippen molar-refractivity contribution in [1.29, 1.82) is 0 Å². The molecule has 6 heteroatoms. The molecule has 0 amide bonds. The van der Waals surface area contributed by atoms with Crippen LogP contribution in [0.25, 0.3) is 0 Å². The third kappa shape index (κ3) is 3.44. The van der Waals surface area contributed by atoms with E-state index in [4.69, 9.17) is 4.74 Å². The van der Waals surface area contributed by atoms with Crippen LogP contribution in [0.15, 0.2) is 22.7 Å². The molecule has 0 spiro atoms. The first-order chi connectivity index (χ1) is 8.51. The van der Waals surface area contributed by atoms with Gasteiger partial charge < -0.3 is 19.7 Å². The van der Waals surface area contributed by atoms with E-state index in [9.17, 15) is 15.0 Å². The third-order valence-corrected chi connectivity index (χ3v) is 3.00. The molecule has 1 rings (SSSR count). The van der Waals surface area contributed by atoms with Crippen molar-refractivity contribution in [3.8, 4) is 5.75 Å². The van der Waals surface area contributed by atoms with Crippen LogP contribution in [-0.2, 0) is 9.53 Å². The number of carbonyl (C=O) groups excluding carboxylic acids is 1. The molecule has 0 saturated carbocycles. The van der Waals surface area contributed by atoms with E-state index in [-0.39, 0.29) is 6.61 Å². The number of methoxy groups -OCH3 is 1. The second-order valence-corrected chi connectivity index (χ2v) is 4.39. The smallest absolute Gasteiger partial charge is 0.338 e. The predicted molar refractivity (Wildman–Crippen MR) is 68.3 cm³/mol. The molecule has 0 bridgehead atoms. The maximum atomic E-state index is 11.3. The van der Waals surface area contributed by atoms with Gasteiger partial charge in [0.1, 0.15) is 11.9 Å². The van der Waals surface area contributed by atoms with Gasteiger partial charge in [0.25, 0.3) is 0 Å². The minimum Gasteiger partial charge on any atom is -0.496 e. The van der Waals surface area contributed by atoms with Crippen molar-refractivity contribution in [3.63, 3.8) is 0 Å². The Kier molecular flexibility index (Phi) is 5.58. The summed E-state index contributed by atoms with van der Waals surface area (Å²) in [6, 6.07) is 4.78. The Balaban J connectivity index is 2.89. The number of esters is 1. The minimum absolute atomic E-state index is 0.145. The van der Waals surface area contributed by atoms with Gasteiger partial charge in [-0.15, -0.1) is 0 Å². The van der Waals surface area contributed by atoms with Gasteiger partial charge in [-0.2, -0.15) is 0 Å². The molecule has 5 nitrogen and oxygen atoms in total. The molecule has 0 aromatic heterocycles. The fraction of sp³-hybridized carbons (Fsp3) is 0.417. The molecular weight excluding hydrogens is 304 g/mol. The molecule has 0 aliphatic carbocycles. The standard InChI is InChI=1S/C12H15BrO5/c1-3-18-12(16)11(15)10(14)7-4-5-8(13)9(6-7)17-2/h4-6,10-11,14-15H,3H2,1-2H3. The van der Waals surface area contributed by atoms with Gasteiger partial charge in [0.05, 0.1) is 18.2 Å². The molecule has 0 radical (unpaired) electrons. The first-order valence-corrected chi connectivity index (χ1v) is 6.16. The van der Waals surface area contributed by atoms with E-state index in [0.717, 1.165) is 0 Å². The second-order valence-electron chi connectivity index (χ2n) is 3.54. The Hall–Kier alpha value is -1.11. The zero-order valence-corrected chi connectivity index (χ0v) is 11.7. The molecule has 2 unspecified atom stereocenters. The summed E-state index contributed by atoms with van der Waals surface area (Å²) in [5, 5.41) is 19.5. The molecule has 0 heterocycles. The van der Waals surface area contributed by atoms with Gasteiger partial charge >= 0.3 is 5.97 Å². The first kappa shape index (κ1) is 14.9. The quantitative estimate of drug-likeness (QED) is 0.803. The number of hydrogen-bond donors (Lipinski definition) is 2. The molecule has 0 aliphatic rings. The number of hydrogen-bond acceptors (Lipinski definition) is 5. The SMILES string of the molecule is CCOC(=O)C(O)C(O)c1ccc(Br)c(OC)c1. The number of benzene rings is 1. The van der Waals surface area contributed by atoms with Crippen LogP contribution in [0.5, 0.6) is 5.75 Å². The molecule has 2 atom stereocenters. The summed E-state index contributed by atoms with van der Waals surface area (Å²) in [5.41, 5.74) is 0.371. The van der Waals surface area contributed by atoms with E-state index in [1.54, 1.807) is 19.1 Å². The van der Waals surface area contributed by atoms with Gasteiger partial charge in [0.15, 0.2) is 6.10 Å². The largest absolute Gasteiger partial charge is 0.496 e. The fourth-order valence-corrected chi connectivity index (χ4v) is 1.81. The summed E-state index contributed by atoms with van der Waals surface area (Å²) in [4.78, 5) is 11.3. The van der Waals surface area contributed by atoms with Crippen LogP contribution in [0, 0.1) is 0 Å². The summed E-state index contributed by atoms with van der Waals surface area (Å²) in [6.45, 7) is 1.77. The molecular formula is C12H15BrO5. The molecule has 0 aliphatic heterocycles. The predicted octanol–water partition coefficient (Wildman–Crippen LogP) is 1.42. The average Bonchev–Trinajstić information content (AvgIpc) is 2.38. The number of rotatable bonds is 5. The molecule has 1 aromatic rings. The second kappa shape index (κ2) is 6.72. The van der Waals surface area contributed by atoms with Crippen molar-refractivity contribution in [2.75, 3.05) is 13.7 Å². The molecule has 0 fully saturated rings. The van der Waals surface area contributed by atoms with Crippen LogP contribution in [0.3, 0.4) is 0 Å². The van der Waals surface area contributed by atoms with Gasteiger partial charge in [-0.05, 0) is 40.5 Å². The van der Waals surface area contributed by atoms with Crippen molar-refractivity contribution < 1.29 is 24.5 Å². The normalized spacial score (nSPS) is 13.8. The number of aliphatic hydroxyl groups excluding tert-OH is 2. The van der Waals surface area contributed by atoms with E-state index in [2.05, 4.69) is 20.7 Å². The van der Waals surface area contributed by atoms with Crippen molar-refractivity contribution in [2.24, 2.45) is 0 Å². The van der Waals surface area contributed by atoms with Crippen molar-refractivity contribution in [3.05, 3.63) is 28.2 Å². The fourth-order valence-electron chi connectivity index (χ4n) is 1.40. The third-order valence-electron chi connectivity index (χ3n) is 2.34. The van der Waals surface area contributed by atoms with Crippen LogP contribution in [0.2, 0.25) is 0 Å². The summed E-state index contributed by atoms with van der Waals surface area (Å²) in [7, 11) is 1.48. The van der Waals surface area contributed by atoms with Gasteiger partial charge in [0.2, 0.25) is 0 Å². The summed E-state index contributed by atoms with van der Waals surface area (Å²) < 4.78 is 10.4. The highest BCUT2D eigenvalue weighted by Crippen LogP contribution is 2.29. The van der Waals surface area contributed by atoms with Gasteiger partial charge in [-0.25, -0.2) is 4.79 Å². The number of halogens is 1. The molecule has 0 saturated heterocycles. The average molecular weight is 319 g/mol. The van der Waals surface area contributed by atoms with E-state index in [1.165, 1.54) is 13.2 Å². The van der Waals surface area contributed by atoms with Crippen molar-refractivity contribution in [1.82, 2.24) is 0 Å². The minimum atomic E-state index is -1.61. The zero-order valence-electron chi connectivity index (χ0n) is 10.1. The number of carbonyl (C=O) groups is 1. The van der Waals surface area contributed by atoms with Crippen LogP contribution in [-0.4, -0.2) is 36.0 Å². The van der Waals surface area contributed by atoms with Crippen LogP contribution in [0.1, 0.15) is 18.6 Å². The van der Waals surface area contributed by atoms with Crippen LogP contribution in [0.4, 0.5) is 0 Å².